The van der Waals surface area contributed by atoms with E-state index in [0.29, 0.717) is 26.1 Å². The van der Waals surface area contributed by atoms with Crippen LogP contribution < -0.4 is 0 Å². The van der Waals surface area contributed by atoms with Crippen molar-refractivity contribution >= 4 is 0 Å². The third kappa shape index (κ3) is 2.00. The molecule has 0 radical (unpaired) electrons. The van der Waals surface area contributed by atoms with E-state index in [4.69, 9.17) is 5.26 Å². The van der Waals surface area contributed by atoms with Gasteiger partial charge in [-0.25, -0.2) is 4.39 Å². The van der Waals surface area contributed by atoms with Crippen molar-refractivity contribution in [2.45, 2.75) is 12.1 Å². The van der Waals surface area contributed by atoms with Crippen LogP contribution in [-0.4, -0.2) is 24.5 Å². The summed E-state index contributed by atoms with van der Waals surface area (Å²) in [6.07, 6.45) is 0.477. The molecule has 0 spiro atoms. The number of alkyl halides is 1. The maximum atomic E-state index is 14.2. The van der Waals surface area contributed by atoms with Crippen molar-refractivity contribution in [3.05, 3.63) is 35.9 Å². The van der Waals surface area contributed by atoms with Gasteiger partial charge in [0.25, 0.3) is 0 Å². The molecule has 3 heteroatoms. The maximum Gasteiger partial charge on any atom is 0.161 e. The quantitative estimate of drug-likeness (QED) is 0.753. The lowest BCUT2D eigenvalue weighted by atomic mass is 9.88. The van der Waals surface area contributed by atoms with E-state index in [9.17, 15) is 4.39 Å². The van der Waals surface area contributed by atoms with Crippen molar-refractivity contribution in [1.82, 2.24) is 4.90 Å². The number of hydrogen-bond donors (Lipinski definition) is 0. The largest absolute Gasteiger partial charge is 0.295 e. The molecule has 0 unspecified atom stereocenters. The topological polar surface area (TPSA) is 27.0 Å². The van der Waals surface area contributed by atoms with E-state index < -0.39 is 5.67 Å². The fraction of sp³-hybridized carbons (Fsp3) is 0.417. The highest BCUT2D eigenvalue weighted by molar-refractivity contribution is 5.26. The molecule has 1 aliphatic heterocycles. The molecule has 0 bridgehead atoms. The first kappa shape index (κ1) is 10.1. The molecule has 2 nitrogen and oxygen atoms in total. The Kier molecular flexibility index (Phi) is 2.70. The molecule has 0 amide bonds. The number of rotatable bonds is 3. The summed E-state index contributed by atoms with van der Waals surface area (Å²) in [6.45, 7) is 1.51. The Hall–Kier alpha value is -1.40. The van der Waals surface area contributed by atoms with Gasteiger partial charge in [0.15, 0.2) is 5.67 Å². The van der Waals surface area contributed by atoms with Crippen molar-refractivity contribution < 1.29 is 4.39 Å². The number of nitriles is 1. The van der Waals surface area contributed by atoms with Gasteiger partial charge in [-0.3, -0.25) is 4.90 Å². The molecule has 78 valence electrons. The monoisotopic (exact) mass is 204 g/mol. The van der Waals surface area contributed by atoms with Crippen molar-refractivity contribution in [2.24, 2.45) is 0 Å². The molecule has 1 fully saturated rings. The van der Waals surface area contributed by atoms with Crippen molar-refractivity contribution in [3.8, 4) is 6.07 Å². The number of benzene rings is 1. The molecule has 15 heavy (non-hydrogen) atoms. The van der Waals surface area contributed by atoms with Crippen LogP contribution in [0.3, 0.4) is 0 Å². The number of nitrogens with zero attached hydrogens (tertiary/aromatic N) is 2. The third-order valence-corrected chi connectivity index (χ3v) is 2.78. The van der Waals surface area contributed by atoms with Crippen LogP contribution in [-0.2, 0) is 5.67 Å². The highest BCUT2D eigenvalue weighted by Crippen LogP contribution is 2.35. The average molecular weight is 204 g/mol. The van der Waals surface area contributed by atoms with Crippen molar-refractivity contribution in [1.29, 1.82) is 5.26 Å². The molecule has 2 rings (SSSR count). The highest BCUT2D eigenvalue weighted by Gasteiger charge is 2.44. The summed E-state index contributed by atoms with van der Waals surface area (Å²) in [4.78, 5) is 1.97. The van der Waals surface area contributed by atoms with Crippen LogP contribution in [0.4, 0.5) is 4.39 Å². The van der Waals surface area contributed by atoms with E-state index in [-0.39, 0.29) is 0 Å². The first-order chi connectivity index (χ1) is 7.24. The molecular weight excluding hydrogens is 191 g/mol. The summed E-state index contributed by atoms with van der Waals surface area (Å²) in [6, 6.07) is 11.3. The van der Waals surface area contributed by atoms with E-state index >= 15 is 0 Å². The highest BCUT2D eigenvalue weighted by atomic mass is 19.1. The van der Waals surface area contributed by atoms with E-state index in [1.807, 2.05) is 35.2 Å². The second-order valence-electron chi connectivity index (χ2n) is 3.95. The number of halogens is 1. The number of hydrogen-bond acceptors (Lipinski definition) is 2. The zero-order valence-corrected chi connectivity index (χ0v) is 8.49. The molecule has 1 heterocycles. The summed E-state index contributed by atoms with van der Waals surface area (Å²) in [5.41, 5.74) is -0.449. The summed E-state index contributed by atoms with van der Waals surface area (Å²) < 4.78 is 14.2. The van der Waals surface area contributed by atoms with E-state index in [2.05, 4.69) is 6.07 Å². The van der Waals surface area contributed by atoms with Gasteiger partial charge in [-0.1, -0.05) is 30.3 Å². The molecule has 0 N–H and O–H groups in total. The van der Waals surface area contributed by atoms with Crippen LogP contribution in [0.25, 0.3) is 0 Å². The first-order valence-corrected chi connectivity index (χ1v) is 5.08. The third-order valence-electron chi connectivity index (χ3n) is 2.78. The minimum Gasteiger partial charge on any atom is -0.295 e. The molecule has 1 aliphatic rings. The Labute approximate surface area is 88.9 Å². The van der Waals surface area contributed by atoms with Crippen LogP contribution in [0.15, 0.2) is 30.3 Å². The van der Waals surface area contributed by atoms with Gasteiger partial charge in [-0.2, -0.15) is 5.26 Å². The molecule has 1 saturated heterocycles. The van der Waals surface area contributed by atoms with Crippen LogP contribution in [0.5, 0.6) is 0 Å². The molecule has 1 aromatic carbocycles. The average Bonchev–Trinajstić information content (AvgIpc) is 2.24. The van der Waals surface area contributed by atoms with Crippen LogP contribution in [0.1, 0.15) is 12.0 Å². The lowest BCUT2D eigenvalue weighted by Crippen LogP contribution is -2.56. The summed E-state index contributed by atoms with van der Waals surface area (Å²) in [5.74, 6) is 0. The lowest BCUT2D eigenvalue weighted by Gasteiger charge is -2.44. The maximum absolute atomic E-state index is 14.2. The predicted octanol–water partition coefficient (Wildman–Crippen LogP) is 2.08. The predicted molar refractivity (Wildman–Crippen MR) is 55.9 cm³/mol. The second-order valence-corrected chi connectivity index (χ2v) is 3.95. The Morgan fingerprint density at radius 1 is 1.33 bits per heavy atom. The van der Waals surface area contributed by atoms with Gasteiger partial charge >= 0.3 is 0 Å². The minimum atomic E-state index is -1.20. The molecular formula is C12H13FN2. The van der Waals surface area contributed by atoms with E-state index in [0.717, 1.165) is 5.56 Å². The smallest absolute Gasteiger partial charge is 0.161 e. The Balaban J connectivity index is 1.94. The van der Waals surface area contributed by atoms with E-state index in [1.54, 1.807) is 0 Å². The van der Waals surface area contributed by atoms with Gasteiger partial charge in [0.2, 0.25) is 0 Å². The van der Waals surface area contributed by atoms with Gasteiger partial charge in [0.05, 0.1) is 6.07 Å². The molecule has 0 saturated carbocycles. The van der Waals surface area contributed by atoms with Crippen LogP contribution >= 0.6 is 0 Å². The molecule has 0 aromatic heterocycles. The number of likely N-dealkylation sites (tertiary alicyclic amines) is 1. The zero-order chi connectivity index (χ0) is 10.7. The van der Waals surface area contributed by atoms with Crippen molar-refractivity contribution in [2.75, 3.05) is 19.6 Å². The van der Waals surface area contributed by atoms with E-state index in [1.165, 1.54) is 0 Å². The van der Waals surface area contributed by atoms with Gasteiger partial charge in [-0.05, 0) is 5.56 Å². The zero-order valence-electron chi connectivity index (χ0n) is 8.49. The normalized spacial score (nSPS) is 19.2. The Morgan fingerprint density at radius 2 is 2.00 bits per heavy atom. The first-order valence-electron chi connectivity index (χ1n) is 5.08. The van der Waals surface area contributed by atoms with Crippen LogP contribution in [0, 0.1) is 11.3 Å². The SMILES string of the molecule is N#CCCN1CC(F)(c2ccccc2)C1. The minimum absolute atomic E-state index is 0.415. The standard InChI is InChI=1S/C12H13FN2/c13-12(11-5-2-1-3-6-11)9-15(10-12)8-4-7-14/h1-3,5-6H,4,8-10H2. The van der Waals surface area contributed by atoms with Crippen LogP contribution in [0.2, 0.25) is 0 Å². The second kappa shape index (κ2) is 4.00. The summed E-state index contributed by atoms with van der Waals surface area (Å²) in [7, 11) is 0. The summed E-state index contributed by atoms with van der Waals surface area (Å²) >= 11 is 0. The molecule has 0 aliphatic carbocycles. The fourth-order valence-electron chi connectivity index (χ4n) is 1.95. The fourth-order valence-corrected chi connectivity index (χ4v) is 1.95. The Morgan fingerprint density at radius 3 is 2.60 bits per heavy atom. The van der Waals surface area contributed by atoms with Crippen molar-refractivity contribution in [3.63, 3.8) is 0 Å². The lowest BCUT2D eigenvalue weighted by molar-refractivity contribution is -0.0350. The van der Waals surface area contributed by atoms with Gasteiger partial charge in [0, 0.05) is 26.1 Å². The van der Waals surface area contributed by atoms with Gasteiger partial charge in [-0.15, -0.1) is 0 Å². The molecule has 0 atom stereocenters. The van der Waals surface area contributed by atoms with Gasteiger partial charge in [0.1, 0.15) is 0 Å². The molecule has 1 aromatic rings. The van der Waals surface area contributed by atoms with Gasteiger partial charge < -0.3 is 0 Å². The Bertz CT molecular complexity index is 363. The summed E-state index contributed by atoms with van der Waals surface area (Å²) in [5, 5.41) is 8.41.